The number of fused-ring (bicyclic) bond motifs is 1. The van der Waals surface area contributed by atoms with Gasteiger partial charge in [0.25, 0.3) is 0 Å². The highest BCUT2D eigenvalue weighted by Crippen LogP contribution is 2.28. The first-order chi connectivity index (χ1) is 12.6. The van der Waals surface area contributed by atoms with Crippen LogP contribution in [0.25, 0.3) is 11.0 Å². The average Bonchev–Trinajstić information content (AvgIpc) is 3.27. The highest BCUT2D eigenvalue weighted by atomic mass is 15.3. The van der Waals surface area contributed by atoms with Crippen LogP contribution in [-0.4, -0.2) is 44.4 Å². The Kier molecular flexibility index (Phi) is 4.13. The first-order valence-corrected chi connectivity index (χ1v) is 8.65. The standard InChI is InChI=1S/C18H20N8/c1-12-23-17-15(10-22-25(17)2)18(24-12)26-6-5-14(11-26)9-21-16-4-3-13(7-19)8-20-16/h3-4,8,10,14H,5-6,9,11H2,1-2H3,(H,20,21)/t14-/m0/s1. The summed E-state index contributed by atoms with van der Waals surface area (Å²) in [7, 11) is 1.90. The monoisotopic (exact) mass is 348 g/mol. The van der Waals surface area contributed by atoms with E-state index in [1.165, 1.54) is 0 Å². The van der Waals surface area contributed by atoms with Crippen molar-refractivity contribution in [1.29, 1.82) is 5.26 Å². The molecule has 1 aliphatic heterocycles. The molecule has 4 heterocycles. The predicted octanol–water partition coefficient (Wildman–Crippen LogP) is 1.88. The lowest BCUT2D eigenvalue weighted by atomic mass is 10.1. The molecule has 0 aromatic carbocycles. The van der Waals surface area contributed by atoms with Crippen molar-refractivity contribution in [2.24, 2.45) is 13.0 Å². The average molecular weight is 348 g/mol. The van der Waals surface area contributed by atoms with Gasteiger partial charge in [-0.2, -0.15) is 10.4 Å². The second-order valence-corrected chi connectivity index (χ2v) is 6.63. The van der Waals surface area contributed by atoms with E-state index in [0.29, 0.717) is 11.5 Å². The van der Waals surface area contributed by atoms with Gasteiger partial charge in [-0.05, 0) is 31.4 Å². The van der Waals surface area contributed by atoms with E-state index < -0.39 is 0 Å². The van der Waals surface area contributed by atoms with Gasteiger partial charge in [-0.15, -0.1) is 0 Å². The number of aromatic nitrogens is 5. The van der Waals surface area contributed by atoms with Crippen molar-refractivity contribution in [3.05, 3.63) is 35.9 Å². The number of rotatable bonds is 4. The Morgan fingerprint density at radius 2 is 2.19 bits per heavy atom. The molecule has 0 bridgehead atoms. The number of hydrogen-bond donors (Lipinski definition) is 1. The molecular formula is C18H20N8. The molecule has 3 aromatic rings. The summed E-state index contributed by atoms with van der Waals surface area (Å²) in [6.07, 6.45) is 4.52. The Labute approximate surface area is 151 Å². The van der Waals surface area contributed by atoms with Gasteiger partial charge in [0.05, 0.1) is 17.1 Å². The molecule has 0 saturated carbocycles. The van der Waals surface area contributed by atoms with Gasteiger partial charge in [0, 0.05) is 32.9 Å². The predicted molar refractivity (Wildman–Crippen MR) is 98.8 cm³/mol. The largest absolute Gasteiger partial charge is 0.370 e. The maximum Gasteiger partial charge on any atom is 0.163 e. The van der Waals surface area contributed by atoms with E-state index in [-0.39, 0.29) is 0 Å². The Balaban J connectivity index is 1.44. The van der Waals surface area contributed by atoms with Crippen molar-refractivity contribution in [2.45, 2.75) is 13.3 Å². The summed E-state index contributed by atoms with van der Waals surface area (Å²) in [5.41, 5.74) is 1.44. The number of nitrogens with zero attached hydrogens (tertiary/aromatic N) is 7. The third-order valence-corrected chi connectivity index (χ3v) is 4.73. The van der Waals surface area contributed by atoms with Crippen molar-refractivity contribution >= 4 is 22.7 Å². The minimum Gasteiger partial charge on any atom is -0.370 e. The Bertz CT molecular complexity index is 969. The van der Waals surface area contributed by atoms with E-state index in [4.69, 9.17) is 5.26 Å². The fraction of sp³-hybridized carbons (Fsp3) is 0.389. The minimum atomic E-state index is 0.509. The molecule has 0 spiro atoms. The molecule has 0 unspecified atom stereocenters. The molecule has 26 heavy (non-hydrogen) atoms. The highest BCUT2D eigenvalue weighted by molar-refractivity contribution is 5.87. The van der Waals surface area contributed by atoms with Crippen molar-refractivity contribution in [3.8, 4) is 6.07 Å². The fourth-order valence-corrected chi connectivity index (χ4v) is 3.36. The number of pyridine rings is 1. The molecule has 1 saturated heterocycles. The SMILES string of the molecule is Cc1nc(N2CC[C@@H](CNc3ccc(C#N)cn3)C2)c2cnn(C)c2n1. The van der Waals surface area contributed by atoms with Crippen LogP contribution in [0.1, 0.15) is 17.8 Å². The number of hydrogen-bond acceptors (Lipinski definition) is 7. The topological polar surface area (TPSA) is 95.5 Å². The van der Waals surface area contributed by atoms with Gasteiger partial charge in [0.15, 0.2) is 5.65 Å². The van der Waals surface area contributed by atoms with Gasteiger partial charge in [0.1, 0.15) is 23.5 Å². The molecule has 1 N–H and O–H groups in total. The Morgan fingerprint density at radius 1 is 1.31 bits per heavy atom. The van der Waals surface area contributed by atoms with E-state index in [2.05, 4.69) is 36.3 Å². The quantitative estimate of drug-likeness (QED) is 0.769. The van der Waals surface area contributed by atoms with Crippen LogP contribution < -0.4 is 10.2 Å². The second-order valence-electron chi connectivity index (χ2n) is 6.63. The van der Waals surface area contributed by atoms with Gasteiger partial charge >= 0.3 is 0 Å². The van der Waals surface area contributed by atoms with E-state index in [9.17, 15) is 0 Å². The van der Waals surface area contributed by atoms with Crippen LogP contribution in [0.3, 0.4) is 0 Å². The number of nitriles is 1. The Morgan fingerprint density at radius 3 is 2.96 bits per heavy atom. The highest BCUT2D eigenvalue weighted by Gasteiger charge is 2.26. The molecule has 4 rings (SSSR count). The minimum absolute atomic E-state index is 0.509. The van der Waals surface area contributed by atoms with Crippen LogP contribution in [0.4, 0.5) is 11.6 Å². The lowest BCUT2D eigenvalue weighted by Gasteiger charge is -2.19. The van der Waals surface area contributed by atoms with Crippen LogP contribution in [0.5, 0.6) is 0 Å². The van der Waals surface area contributed by atoms with Gasteiger partial charge in [-0.3, -0.25) is 4.68 Å². The number of aryl methyl sites for hydroxylation is 2. The molecule has 8 nitrogen and oxygen atoms in total. The van der Waals surface area contributed by atoms with E-state index in [1.807, 2.05) is 26.2 Å². The van der Waals surface area contributed by atoms with Gasteiger partial charge in [-0.1, -0.05) is 0 Å². The zero-order chi connectivity index (χ0) is 18.1. The first-order valence-electron chi connectivity index (χ1n) is 8.65. The maximum atomic E-state index is 8.83. The summed E-state index contributed by atoms with van der Waals surface area (Å²) in [5.74, 6) is 3.04. The normalized spacial score (nSPS) is 16.8. The summed E-state index contributed by atoms with van der Waals surface area (Å²) in [4.78, 5) is 15.7. The zero-order valence-electron chi connectivity index (χ0n) is 14.8. The fourth-order valence-electron chi connectivity index (χ4n) is 3.36. The summed E-state index contributed by atoms with van der Waals surface area (Å²) in [6.45, 7) is 4.66. The van der Waals surface area contributed by atoms with E-state index in [1.54, 1.807) is 16.9 Å². The maximum absolute atomic E-state index is 8.83. The summed E-state index contributed by atoms with van der Waals surface area (Å²) < 4.78 is 1.79. The molecule has 0 aliphatic carbocycles. The molecule has 1 fully saturated rings. The van der Waals surface area contributed by atoms with E-state index in [0.717, 1.165) is 54.5 Å². The van der Waals surface area contributed by atoms with Crippen molar-refractivity contribution in [2.75, 3.05) is 29.9 Å². The smallest absolute Gasteiger partial charge is 0.163 e. The second kappa shape index (κ2) is 6.59. The molecule has 132 valence electrons. The van der Waals surface area contributed by atoms with Gasteiger partial charge < -0.3 is 10.2 Å². The molecule has 8 heteroatoms. The van der Waals surface area contributed by atoms with Gasteiger partial charge in [0.2, 0.25) is 0 Å². The summed E-state index contributed by atoms with van der Waals surface area (Å²) in [5, 5.41) is 17.5. The lowest BCUT2D eigenvalue weighted by molar-refractivity contribution is 0.621. The van der Waals surface area contributed by atoms with Crippen LogP contribution in [-0.2, 0) is 7.05 Å². The van der Waals surface area contributed by atoms with E-state index >= 15 is 0 Å². The van der Waals surface area contributed by atoms with Crippen LogP contribution in [0.15, 0.2) is 24.5 Å². The van der Waals surface area contributed by atoms with Crippen LogP contribution in [0, 0.1) is 24.2 Å². The molecule has 3 aromatic heterocycles. The number of nitrogens with one attached hydrogen (secondary N) is 1. The third-order valence-electron chi connectivity index (χ3n) is 4.73. The number of anilines is 2. The lowest BCUT2D eigenvalue weighted by Crippen LogP contribution is -2.24. The summed E-state index contributed by atoms with van der Waals surface area (Å²) >= 11 is 0. The van der Waals surface area contributed by atoms with Gasteiger partial charge in [-0.25, -0.2) is 15.0 Å². The van der Waals surface area contributed by atoms with Crippen molar-refractivity contribution in [1.82, 2.24) is 24.7 Å². The molecule has 1 atom stereocenters. The molecular weight excluding hydrogens is 328 g/mol. The van der Waals surface area contributed by atoms with Crippen molar-refractivity contribution < 1.29 is 0 Å². The van der Waals surface area contributed by atoms with Crippen LogP contribution >= 0.6 is 0 Å². The van der Waals surface area contributed by atoms with Crippen LogP contribution in [0.2, 0.25) is 0 Å². The first kappa shape index (κ1) is 16.3. The molecule has 0 radical (unpaired) electrons. The summed E-state index contributed by atoms with van der Waals surface area (Å²) in [6, 6.07) is 5.70. The zero-order valence-corrected chi connectivity index (χ0v) is 14.8. The molecule has 1 aliphatic rings. The third kappa shape index (κ3) is 3.04. The van der Waals surface area contributed by atoms with Crippen molar-refractivity contribution in [3.63, 3.8) is 0 Å². The Hall–Kier alpha value is -3.21. The molecule has 0 amide bonds.